The van der Waals surface area contributed by atoms with Gasteiger partial charge in [0.1, 0.15) is 0 Å². The number of carbonyl (C=O) groups excluding carboxylic acids is 1. The number of hydrogen-bond donors (Lipinski definition) is 1. The Labute approximate surface area is 147 Å². The first-order valence-electron chi connectivity index (χ1n) is 8.11. The van der Waals surface area contributed by atoms with Gasteiger partial charge in [-0.2, -0.15) is 0 Å². The van der Waals surface area contributed by atoms with Crippen molar-refractivity contribution in [3.63, 3.8) is 0 Å². The van der Waals surface area contributed by atoms with Crippen LogP contribution >= 0.6 is 11.8 Å². The predicted molar refractivity (Wildman–Crippen MR) is 102 cm³/mol. The summed E-state index contributed by atoms with van der Waals surface area (Å²) in [6, 6.07) is 19.6. The molecule has 0 bridgehead atoms. The van der Waals surface area contributed by atoms with Crippen LogP contribution in [0, 0.1) is 0 Å². The van der Waals surface area contributed by atoms with Crippen molar-refractivity contribution in [2.24, 2.45) is 4.99 Å². The Bertz CT molecular complexity index is 703. The number of nitrogens with one attached hydrogen (secondary N) is 1. The summed E-state index contributed by atoms with van der Waals surface area (Å²) in [5.41, 5.74) is 2.01. The molecule has 4 nitrogen and oxygen atoms in total. The number of amidine groups is 1. The van der Waals surface area contributed by atoms with E-state index in [1.165, 1.54) is 5.56 Å². The van der Waals surface area contributed by atoms with E-state index in [0.717, 1.165) is 23.8 Å². The maximum atomic E-state index is 12.7. The number of urea groups is 1. The van der Waals surface area contributed by atoms with Gasteiger partial charge in [0.2, 0.25) is 0 Å². The summed E-state index contributed by atoms with van der Waals surface area (Å²) in [5, 5.41) is 4.19. The summed E-state index contributed by atoms with van der Waals surface area (Å²) in [7, 11) is 0. The number of carbonyl (C=O) groups is 1. The van der Waals surface area contributed by atoms with E-state index in [4.69, 9.17) is 0 Å². The lowest BCUT2D eigenvalue weighted by atomic mass is 10.1. The largest absolute Gasteiger partial charge is 0.327 e. The molecule has 5 heteroatoms. The summed E-state index contributed by atoms with van der Waals surface area (Å²) < 4.78 is 0. The van der Waals surface area contributed by atoms with Crippen molar-refractivity contribution in [2.45, 2.75) is 18.6 Å². The van der Waals surface area contributed by atoms with Gasteiger partial charge in [-0.25, -0.2) is 4.79 Å². The van der Waals surface area contributed by atoms with Crippen LogP contribution in [-0.4, -0.2) is 34.4 Å². The van der Waals surface area contributed by atoms with Gasteiger partial charge in [-0.15, -0.1) is 0 Å². The first-order valence-corrected chi connectivity index (χ1v) is 8.99. The Kier molecular flexibility index (Phi) is 5.54. The molecule has 0 spiro atoms. The van der Waals surface area contributed by atoms with Crippen molar-refractivity contribution in [3.05, 3.63) is 66.2 Å². The smallest absolute Gasteiger partial charge is 0.307 e. The molecule has 1 aliphatic heterocycles. The van der Waals surface area contributed by atoms with Crippen molar-refractivity contribution < 1.29 is 4.79 Å². The summed E-state index contributed by atoms with van der Waals surface area (Å²) >= 11 is 1.66. The molecule has 1 aliphatic rings. The highest BCUT2D eigenvalue weighted by Gasteiger charge is 2.25. The van der Waals surface area contributed by atoms with Gasteiger partial charge in [0.25, 0.3) is 0 Å². The highest BCUT2D eigenvalue weighted by Crippen LogP contribution is 2.24. The number of aliphatic imine (C=N–C) groups is 1. The number of anilines is 1. The van der Waals surface area contributed by atoms with E-state index in [-0.39, 0.29) is 6.03 Å². The van der Waals surface area contributed by atoms with Crippen LogP contribution in [0.3, 0.4) is 0 Å². The monoisotopic (exact) mass is 339 g/mol. The standard InChI is InChI=1S/C19H21N3OS/c1-15-14-20-19(24-15)22(13-12-16-8-4-2-5-9-16)18(23)21-17-10-6-3-7-11-17/h2-11,15H,12-14H2,1H3,(H,21,23). The second kappa shape index (κ2) is 8.02. The van der Waals surface area contributed by atoms with Crippen molar-refractivity contribution in [2.75, 3.05) is 18.4 Å². The van der Waals surface area contributed by atoms with Crippen LogP contribution in [0.15, 0.2) is 65.7 Å². The molecule has 0 saturated carbocycles. The minimum atomic E-state index is -0.127. The average molecular weight is 339 g/mol. The molecule has 1 N–H and O–H groups in total. The first kappa shape index (κ1) is 16.6. The van der Waals surface area contributed by atoms with Gasteiger partial charge in [0.15, 0.2) is 5.17 Å². The number of hydrogen-bond acceptors (Lipinski definition) is 3. The van der Waals surface area contributed by atoms with Gasteiger partial charge in [0, 0.05) is 17.5 Å². The molecule has 0 fully saturated rings. The molecule has 0 saturated heterocycles. The molecule has 1 heterocycles. The van der Waals surface area contributed by atoms with Gasteiger partial charge in [-0.05, 0) is 24.1 Å². The number of para-hydroxylation sites is 1. The quantitative estimate of drug-likeness (QED) is 0.905. The zero-order valence-corrected chi connectivity index (χ0v) is 14.5. The van der Waals surface area contributed by atoms with Crippen LogP contribution < -0.4 is 5.32 Å². The summed E-state index contributed by atoms with van der Waals surface area (Å²) in [6.45, 7) is 3.51. The zero-order chi connectivity index (χ0) is 16.8. The molecular formula is C19H21N3OS. The van der Waals surface area contributed by atoms with Crippen LogP contribution in [-0.2, 0) is 6.42 Å². The normalized spacial score (nSPS) is 16.5. The molecule has 124 valence electrons. The third-order valence-corrected chi connectivity index (χ3v) is 4.87. The van der Waals surface area contributed by atoms with E-state index in [2.05, 4.69) is 29.4 Å². The topological polar surface area (TPSA) is 44.7 Å². The Morgan fingerprint density at radius 3 is 2.46 bits per heavy atom. The third kappa shape index (κ3) is 4.38. The number of rotatable bonds is 4. The van der Waals surface area contributed by atoms with Crippen LogP contribution in [0.4, 0.5) is 10.5 Å². The molecule has 1 unspecified atom stereocenters. The molecule has 0 aromatic heterocycles. The summed E-state index contributed by atoms with van der Waals surface area (Å²) in [6.07, 6.45) is 0.803. The van der Waals surface area contributed by atoms with E-state index in [9.17, 15) is 4.79 Å². The van der Waals surface area contributed by atoms with Gasteiger partial charge in [0.05, 0.1) is 6.54 Å². The van der Waals surface area contributed by atoms with E-state index in [1.54, 1.807) is 16.7 Å². The molecule has 0 aliphatic carbocycles. The molecular weight excluding hydrogens is 318 g/mol. The van der Waals surface area contributed by atoms with E-state index in [1.807, 2.05) is 48.5 Å². The van der Waals surface area contributed by atoms with Crippen LogP contribution in [0.25, 0.3) is 0 Å². The molecule has 24 heavy (non-hydrogen) atoms. The number of nitrogens with zero attached hydrogens (tertiary/aromatic N) is 2. The lowest BCUT2D eigenvalue weighted by Gasteiger charge is -2.22. The van der Waals surface area contributed by atoms with Crippen LogP contribution in [0.2, 0.25) is 0 Å². The lowest BCUT2D eigenvalue weighted by Crippen LogP contribution is -2.39. The van der Waals surface area contributed by atoms with Crippen molar-refractivity contribution in [3.8, 4) is 0 Å². The second-order valence-electron chi connectivity index (χ2n) is 5.74. The maximum absolute atomic E-state index is 12.7. The molecule has 1 atom stereocenters. The first-order chi connectivity index (χ1) is 11.7. The third-order valence-electron chi connectivity index (χ3n) is 3.76. The SMILES string of the molecule is CC1CN=C(N(CCc2ccccc2)C(=O)Nc2ccccc2)S1. The molecule has 3 rings (SSSR count). The minimum absolute atomic E-state index is 0.127. The van der Waals surface area contributed by atoms with Gasteiger partial charge < -0.3 is 5.32 Å². The lowest BCUT2D eigenvalue weighted by molar-refractivity contribution is 0.234. The Hall–Kier alpha value is -2.27. The second-order valence-corrected chi connectivity index (χ2v) is 7.14. The average Bonchev–Trinajstić information content (AvgIpc) is 3.03. The predicted octanol–water partition coefficient (Wildman–Crippen LogP) is 4.25. The van der Waals surface area contributed by atoms with Crippen molar-refractivity contribution in [1.29, 1.82) is 0 Å². The molecule has 0 radical (unpaired) electrons. The van der Waals surface area contributed by atoms with Crippen molar-refractivity contribution >= 4 is 28.6 Å². The number of benzene rings is 2. The van der Waals surface area contributed by atoms with E-state index < -0.39 is 0 Å². The van der Waals surface area contributed by atoms with E-state index in [0.29, 0.717) is 11.8 Å². The number of thioether (sulfide) groups is 1. The minimum Gasteiger partial charge on any atom is -0.307 e. The fourth-order valence-electron chi connectivity index (χ4n) is 2.49. The van der Waals surface area contributed by atoms with E-state index >= 15 is 0 Å². The molecule has 2 aromatic carbocycles. The fourth-order valence-corrected chi connectivity index (χ4v) is 3.45. The highest BCUT2D eigenvalue weighted by atomic mass is 32.2. The molecule has 2 amide bonds. The number of amides is 2. The zero-order valence-electron chi connectivity index (χ0n) is 13.7. The Balaban J connectivity index is 1.70. The highest BCUT2D eigenvalue weighted by molar-refractivity contribution is 8.14. The Morgan fingerprint density at radius 1 is 1.17 bits per heavy atom. The van der Waals surface area contributed by atoms with Gasteiger partial charge in [-0.1, -0.05) is 67.2 Å². The molecule has 2 aromatic rings. The van der Waals surface area contributed by atoms with Gasteiger partial charge in [-0.3, -0.25) is 9.89 Å². The Morgan fingerprint density at radius 2 is 1.83 bits per heavy atom. The van der Waals surface area contributed by atoms with Crippen LogP contribution in [0.5, 0.6) is 0 Å². The van der Waals surface area contributed by atoms with Crippen LogP contribution in [0.1, 0.15) is 12.5 Å². The van der Waals surface area contributed by atoms with Crippen molar-refractivity contribution in [1.82, 2.24) is 4.90 Å². The van der Waals surface area contributed by atoms with Gasteiger partial charge >= 0.3 is 6.03 Å². The maximum Gasteiger partial charge on any atom is 0.327 e. The summed E-state index contributed by atoms with van der Waals surface area (Å²) in [4.78, 5) is 19.0. The fraction of sp³-hybridized carbons (Fsp3) is 0.263. The summed E-state index contributed by atoms with van der Waals surface area (Å²) in [5.74, 6) is 0.